The minimum absolute atomic E-state index is 0.0256. The Labute approximate surface area is 107 Å². The van der Waals surface area contributed by atoms with Gasteiger partial charge in [-0.15, -0.1) is 0 Å². The molecule has 0 saturated heterocycles. The van der Waals surface area contributed by atoms with Crippen LogP contribution in [0.2, 0.25) is 5.15 Å². The average Bonchev–Trinajstić information content (AvgIpc) is 2.72. The van der Waals surface area contributed by atoms with Crippen LogP contribution in [0.5, 0.6) is 0 Å². The van der Waals surface area contributed by atoms with E-state index in [1.807, 2.05) is 0 Å². The second-order valence-corrected chi connectivity index (χ2v) is 4.79. The molecule has 2 aromatic rings. The van der Waals surface area contributed by atoms with Crippen LogP contribution in [-0.2, 0) is 0 Å². The molecule has 96 valence electrons. The number of anilines is 1. The van der Waals surface area contributed by atoms with E-state index in [1.54, 1.807) is 10.9 Å². The summed E-state index contributed by atoms with van der Waals surface area (Å²) < 4.78 is 1.73. The number of aliphatic hydroxyl groups is 2. The minimum Gasteiger partial charge on any atom is -0.396 e. The number of fused-ring (bicyclic) bond motifs is 1. The van der Waals surface area contributed by atoms with Gasteiger partial charge in [0.15, 0.2) is 10.8 Å². The van der Waals surface area contributed by atoms with Gasteiger partial charge in [-0.2, -0.15) is 9.97 Å². The third kappa shape index (κ3) is 1.55. The lowest BCUT2D eigenvalue weighted by Gasteiger charge is -2.40. The summed E-state index contributed by atoms with van der Waals surface area (Å²) in [5.41, 5.74) is 6.52. The largest absolute Gasteiger partial charge is 0.396 e. The molecule has 0 spiro atoms. The van der Waals surface area contributed by atoms with Gasteiger partial charge in [-0.1, -0.05) is 11.6 Å². The number of nitrogen functional groups attached to an aromatic ring is 1. The monoisotopic (exact) mass is 269 g/mol. The van der Waals surface area contributed by atoms with Crippen molar-refractivity contribution >= 4 is 28.7 Å². The predicted molar refractivity (Wildman–Crippen MR) is 65.0 cm³/mol. The van der Waals surface area contributed by atoms with Crippen molar-refractivity contribution in [3.05, 3.63) is 11.5 Å². The zero-order valence-electron chi connectivity index (χ0n) is 9.36. The summed E-state index contributed by atoms with van der Waals surface area (Å²) in [5.74, 6) is -0.0242. The van der Waals surface area contributed by atoms with Crippen LogP contribution in [0.1, 0.15) is 12.5 Å². The molecular formula is C10H12ClN5O2. The molecule has 2 aromatic heterocycles. The third-order valence-corrected chi connectivity index (χ3v) is 3.67. The van der Waals surface area contributed by atoms with Gasteiger partial charge in [0.2, 0.25) is 5.95 Å². The zero-order chi connectivity index (χ0) is 12.9. The zero-order valence-corrected chi connectivity index (χ0v) is 10.1. The van der Waals surface area contributed by atoms with Crippen molar-refractivity contribution in [1.29, 1.82) is 0 Å². The van der Waals surface area contributed by atoms with E-state index in [4.69, 9.17) is 22.4 Å². The fraction of sp³-hybridized carbons (Fsp3) is 0.500. The maximum atomic E-state index is 9.92. The standard InChI is InChI=1S/C10H12ClN5O2/c11-8-6-9(15-10(12)14-8)16(3-13-6)5-1-4(2-17)7(5)18/h3-5,7,17-18H,1-2H2,(H2,12,14,15). The van der Waals surface area contributed by atoms with Gasteiger partial charge in [-0.05, 0) is 6.42 Å². The predicted octanol–water partition coefficient (Wildman–Crippen LogP) is -0.0239. The Morgan fingerprint density at radius 1 is 1.50 bits per heavy atom. The van der Waals surface area contributed by atoms with Gasteiger partial charge >= 0.3 is 0 Å². The lowest BCUT2D eigenvalue weighted by atomic mass is 9.77. The lowest BCUT2D eigenvalue weighted by molar-refractivity contribution is -0.0550. The van der Waals surface area contributed by atoms with Crippen molar-refractivity contribution in [2.24, 2.45) is 5.92 Å². The van der Waals surface area contributed by atoms with Gasteiger partial charge < -0.3 is 20.5 Å². The fourth-order valence-corrected chi connectivity index (χ4v) is 2.53. The first kappa shape index (κ1) is 11.6. The molecular weight excluding hydrogens is 258 g/mol. The van der Waals surface area contributed by atoms with Crippen LogP contribution in [-0.4, -0.2) is 42.4 Å². The van der Waals surface area contributed by atoms with Gasteiger partial charge in [0, 0.05) is 12.5 Å². The van der Waals surface area contributed by atoms with E-state index >= 15 is 0 Å². The molecule has 7 nitrogen and oxygen atoms in total. The molecule has 0 aliphatic heterocycles. The highest BCUT2D eigenvalue weighted by molar-refractivity contribution is 6.33. The highest BCUT2D eigenvalue weighted by atomic mass is 35.5. The third-order valence-electron chi connectivity index (χ3n) is 3.41. The second-order valence-electron chi connectivity index (χ2n) is 4.43. The molecule has 0 amide bonds. The first-order chi connectivity index (χ1) is 8.61. The van der Waals surface area contributed by atoms with Crippen molar-refractivity contribution in [3.8, 4) is 0 Å². The van der Waals surface area contributed by atoms with Crippen LogP contribution in [0, 0.1) is 5.92 Å². The minimum atomic E-state index is -0.609. The molecule has 0 radical (unpaired) electrons. The van der Waals surface area contributed by atoms with Crippen LogP contribution in [0.25, 0.3) is 11.2 Å². The molecule has 1 fully saturated rings. The molecule has 1 saturated carbocycles. The number of nitrogens with zero attached hydrogens (tertiary/aromatic N) is 4. The molecule has 2 heterocycles. The van der Waals surface area contributed by atoms with Crippen LogP contribution >= 0.6 is 11.6 Å². The van der Waals surface area contributed by atoms with Gasteiger partial charge in [0.25, 0.3) is 0 Å². The molecule has 4 N–H and O–H groups in total. The van der Waals surface area contributed by atoms with Gasteiger partial charge in [-0.3, -0.25) is 0 Å². The summed E-state index contributed by atoms with van der Waals surface area (Å²) >= 11 is 5.92. The van der Waals surface area contributed by atoms with Crippen molar-refractivity contribution in [2.75, 3.05) is 12.3 Å². The summed E-state index contributed by atoms with van der Waals surface area (Å²) in [7, 11) is 0. The summed E-state index contributed by atoms with van der Waals surface area (Å²) in [4.78, 5) is 12.0. The summed E-state index contributed by atoms with van der Waals surface area (Å²) in [6.45, 7) is -0.0256. The smallest absolute Gasteiger partial charge is 0.223 e. The first-order valence-electron chi connectivity index (χ1n) is 5.56. The molecule has 3 atom stereocenters. The summed E-state index contributed by atoms with van der Waals surface area (Å²) in [6.07, 6.45) is 1.62. The molecule has 0 aromatic carbocycles. The maximum Gasteiger partial charge on any atom is 0.223 e. The highest BCUT2D eigenvalue weighted by Crippen LogP contribution is 2.39. The van der Waals surface area contributed by atoms with Crippen molar-refractivity contribution in [1.82, 2.24) is 19.5 Å². The van der Waals surface area contributed by atoms with E-state index in [0.29, 0.717) is 17.6 Å². The maximum absolute atomic E-state index is 9.92. The Kier molecular flexibility index (Phi) is 2.61. The van der Waals surface area contributed by atoms with Gasteiger partial charge in [-0.25, -0.2) is 4.98 Å². The normalized spacial score (nSPS) is 27.4. The van der Waals surface area contributed by atoms with E-state index in [9.17, 15) is 5.11 Å². The van der Waals surface area contributed by atoms with E-state index in [2.05, 4.69) is 15.0 Å². The van der Waals surface area contributed by atoms with E-state index in [1.165, 1.54) is 0 Å². The highest BCUT2D eigenvalue weighted by Gasteiger charge is 2.41. The summed E-state index contributed by atoms with van der Waals surface area (Å²) in [6, 6.07) is -0.155. The molecule has 3 rings (SSSR count). The van der Waals surface area contributed by atoms with Crippen LogP contribution in [0.3, 0.4) is 0 Å². The lowest BCUT2D eigenvalue weighted by Crippen LogP contribution is -2.44. The molecule has 1 aliphatic rings. The number of hydrogen-bond acceptors (Lipinski definition) is 6. The number of rotatable bonds is 2. The number of hydrogen-bond donors (Lipinski definition) is 3. The molecule has 18 heavy (non-hydrogen) atoms. The summed E-state index contributed by atoms with van der Waals surface area (Å²) in [5, 5.41) is 19.1. The Balaban J connectivity index is 2.04. The Hall–Kier alpha value is -1.44. The van der Waals surface area contributed by atoms with E-state index in [0.717, 1.165) is 0 Å². The van der Waals surface area contributed by atoms with Crippen LogP contribution in [0.4, 0.5) is 5.95 Å². The number of aliphatic hydroxyl groups excluding tert-OH is 2. The van der Waals surface area contributed by atoms with Crippen molar-refractivity contribution in [3.63, 3.8) is 0 Å². The number of aromatic nitrogens is 4. The van der Waals surface area contributed by atoms with Crippen molar-refractivity contribution in [2.45, 2.75) is 18.6 Å². The van der Waals surface area contributed by atoms with E-state index < -0.39 is 6.10 Å². The quantitative estimate of drug-likeness (QED) is 0.661. The van der Waals surface area contributed by atoms with Crippen LogP contribution < -0.4 is 5.73 Å². The average molecular weight is 270 g/mol. The van der Waals surface area contributed by atoms with Gasteiger partial charge in [0.05, 0.1) is 18.5 Å². The number of imidazole rings is 1. The Bertz CT molecular complexity index is 601. The molecule has 8 heteroatoms. The van der Waals surface area contributed by atoms with Crippen LogP contribution in [0.15, 0.2) is 6.33 Å². The van der Waals surface area contributed by atoms with Gasteiger partial charge in [0.1, 0.15) is 5.52 Å². The molecule has 3 unspecified atom stereocenters. The number of halogens is 1. The van der Waals surface area contributed by atoms with Crippen molar-refractivity contribution < 1.29 is 10.2 Å². The van der Waals surface area contributed by atoms with E-state index in [-0.39, 0.29) is 29.7 Å². The second kappa shape index (κ2) is 4.04. The fourth-order valence-electron chi connectivity index (χ4n) is 2.31. The molecule has 1 aliphatic carbocycles. The molecule has 0 bridgehead atoms. The number of nitrogens with two attached hydrogens (primary N) is 1. The first-order valence-corrected chi connectivity index (χ1v) is 5.94. The SMILES string of the molecule is Nc1nc(Cl)c2ncn(C3CC(CO)C3O)c2n1. The Morgan fingerprint density at radius 3 is 2.94 bits per heavy atom. The Morgan fingerprint density at radius 2 is 2.28 bits per heavy atom. The topological polar surface area (TPSA) is 110 Å².